The summed E-state index contributed by atoms with van der Waals surface area (Å²) in [5.41, 5.74) is 5.65. The highest BCUT2D eigenvalue weighted by Crippen LogP contribution is 2.29. The highest BCUT2D eigenvalue weighted by Gasteiger charge is 2.30. The van der Waals surface area contributed by atoms with Crippen molar-refractivity contribution in [3.05, 3.63) is 0 Å². The summed E-state index contributed by atoms with van der Waals surface area (Å²) in [6.07, 6.45) is 3.81. The Balaban J connectivity index is 2.54. The van der Waals surface area contributed by atoms with Gasteiger partial charge >= 0.3 is 5.97 Å². The summed E-state index contributed by atoms with van der Waals surface area (Å²) in [5, 5.41) is 8.75. The summed E-state index contributed by atoms with van der Waals surface area (Å²) in [6, 6.07) is 0.0547. The van der Waals surface area contributed by atoms with E-state index < -0.39 is 5.97 Å². The van der Waals surface area contributed by atoms with E-state index in [9.17, 15) is 9.59 Å². The number of carboxylic acids is 1. The Kier molecular flexibility index (Phi) is 6.28. The van der Waals surface area contributed by atoms with E-state index in [4.69, 9.17) is 10.8 Å². The van der Waals surface area contributed by atoms with Gasteiger partial charge in [0, 0.05) is 18.5 Å². The fourth-order valence-electron chi connectivity index (χ4n) is 2.72. The SMILES string of the molecule is CC(C)N(CCC(=O)O)C(=O)C1CCC(CN)CC1. The first-order valence-corrected chi connectivity index (χ1v) is 7.18. The van der Waals surface area contributed by atoms with E-state index >= 15 is 0 Å². The summed E-state index contributed by atoms with van der Waals surface area (Å²) in [7, 11) is 0. The first-order chi connectivity index (χ1) is 8.95. The number of carbonyl (C=O) groups is 2. The molecule has 0 radical (unpaired) electrons. The second-order valence-corrected chi connectivity index (χ2v) is 5.72. The van der Waals surface area contributed by atoms with Crippen LogP contribution in [0.1, 0.15) is 46.0 Å². The summed E-state index contributed by atoms with van der Waals surface area (Å²) in [5.74, 6) is -0.133. The Bertz CT molecular complexity index is 310. The molecule has 110 valence electrons. The number of nitrogens with zero attached hydrogens (tertiary/aromatic N) is 1. The van der Waals surface area contributed by atoms with Gasteiger partial charge in [-0.05, 0) is 52.0 Å². The molecule has 0 aromatic carbocycles. The number of carbonyl (C=O) groups excluding carboxylic acids is 1. The average molecular weight is 270 g/mol. The number of carboxylic acid groups (broad SMARTS) is 1. The van der Waals surface area contributed by atoms with Crippen molar-refractivity contribution in [1.29, 1.82) is 0 Å². The van der Waals surface area contributed by atoms with Crippen molar-refractivity contribution in [3.63, 3.8) is 0 Å². The minimum atomic E-state index is -0.856. The van der Waals surface area contributed by atoms with Crippen LogP contribution >= 0.6 is 0 Å². The molecule has 0 aliphatic heterocycles. The monoisotopic (exact) mass is 270 g/mol. The van der Waals surface area contributed by atoms with Gasteiger partial charge < -0.3 is 15.7 Å². The van der Waals surface area contributed by atoms with Crippen molar-refractivity contribution < 1.29 is 14.7 Å². The largest absolute Gasteiger partial charge is 0.481 e. The maximum absolute atomic E-state index is 12.4. The lowest BCUT2D eigenvalue weighted by Gasteiger charge is -2.33. The van der Waals surface area contributed by atoms with Crippen LogP contribution in [0.5, 0.6) is 0 Å². The third-order valence-corrected chi connectivity index (χ3v) is 4.00. The number of hydrogen-bond donors (Lipinski definition) is 2. The molecule has 1 aliphatic carbocycles. The predicted molar refractivity (Wildman–Crippen MR) is 73.6 cm³/mol. The van der Waals surface area contributed by atoms with Gasteiger partial charge in [-0.1, -0.05) is 0 Å². The van der Waals surface area contributed by atoms with Crippen molar-refractivity contribution in [3.8, 4) is 0 Å². The number of rotatable bonds is 6. The molecule has 5 nitrogen and oxygen atoms in total. The van der Waals surface area contributed by atoms with Crippen LogP contribution < -0.4 is 5.73 Å². The molecular weight excluding hydrogens is 244 g/mol. The minimum Gasteiger partial charge on any atom is -0.481 e. The molecule has 19 heavy (non-hydrogen) atoms. The van der Waals surface area contributed by atoms with Crippen molar-refractivity contribution in [2.75, 3.05) is 13.1 Å². The van der Waals surface area contributed by atoms with Crippen molar-refractivity contribution in [2.24, 2.45) is 17.6 Å². The van der Waals surface area contributed by atoms with Crippen molar-refractivity contribution >= 4 is 11.9 Å². The lowest BCUT2D eigenvalue weighted by atomic mass is 9.81. The molecule has 1 aliphatic rings. The molecule has 0 spiro atoms. The van der Waals surface area contributed by atoms with E-state index in [-0.39, 0.29) is 24.3 Å². The molecule has 1 saturated carbocycles. The number of amides is 1. The fourth-order valence-corrected chi connectivity index (χ4v) is 2.72. The maximum atomic E-state index is 12.4. The van der Waals surface area contributed by atoms with E-state index in [0.717, 1.165) is 25.7 Å². The van der Waals surface area contributed by atoms with Crippen LogP contribution in [0.4, 0.5) is 0 Å². The third-order valence-electron chi connectivity index (χ3n) is 4.00. The van der Waals surface area contributed by atoms with Gasteiger partial charge in [0.15, 0.2) is 0 Å². The lowest BCUT2D eigenvalue weighted by Crippen LogP contribution is -2.43. The second-order valence-electron chi connectivity index (χ2n) is 5.72. The van der Waals surface area contributed by atoms with Gasteiger partial charge in [-0.25, -0.2) is 0 Å². The van der Waals surface area contributed by atoms with E-state index in [2.05, 4.69) is 0 Å². The average Bonchev–Trinajstić information content (AvgIpc) is 2.38. The van der Waals surface area contributed by atoms with E-state index in [1.165, 1.54) is 0 Å². The molecule has 1 rings (SSSR count). The summed E-state index contributed by atoms with van der Waals surface area (Å²) < 4.78 is 0. The molecule has 1 amide bonds. The molecule has 0 heterocycles. The molecule has 0 unspecified atom stereocenters. The Morgan fingerprint density at radius 2 is 1.84 bits per heavy atom. The molecule has 0 saturated heterocycles. The van der Waals surface area contributed by atoms with Gasteiger partial charge in [-0.2, -0.15) is 0 Å². The lowest BCUT2D eigenvalue weighted by molar-refractivity contribution is -0.141. The number of hydrogen-bond acceptors (Lipinski definition) is 3. The summed E-state index contributed by atoms with van der Waals surface area (Å²) >= 11 is 0. The molecule has 0 aromatic rings. The van der Waals surface area contributed by atoms with Crippen LogP contribution in [0.25, 0.3) is 0 Å². The van der Waals surface area contributed by atoms with Crippen LogP contribution in [0.2, 0.25) is 0 Å². The van der Waals surface area contributed by atoms with Crippen LogP contribution in [-0.4, -0.2) is 41.0 Å². The minimum absolute atomic E-state index is 0.0159. The van der Waals surface area contributed by atoms with Gasteiger partial charge in [-0.3, -0.25) is 9.59 Å². The summed E-state index contributed by atoms with van der Waals surface area (Å²) in [6.45, 7) is 4.88. The van der Waals surface area contributed by atoms with Crippen LogP contribution in [0.15, 0.2) is 0 Å². The zero-order valence-corrected chi connectivity index (χ0v) is 12.0. The highest BCUT2D eigenvalue weighted by molar-refractivity contribution is 5.79. The first-order valence-electron chi connectivity index (χ1n) is 7.18. The Morgan fingerprint density at radius 3 is 2.26 bits per heavy atom. The zero-order valence-electron chi connectivity index (χ0n) is 12.0. The summed E-state index contributed by atoms with van der Waals surface area (Å²) in [4.78, 5) is 24.8. The third kappa shape index (κ3) is 4.82. The topological polar surface area (TPSA) is 83.6 Å². The van der Waals surface area contributed by atoms with Crippen molar-refractivity contribution in [1.82, 2.24) is 4.90 Å². The molecule has 0 aromatic heterocycles. The number of nitrogens with two attached hydrogens (primary N) is 1. The van der Waals surface area contributed by atoms with Crippen LogP contribution in [0.3, 0.4) is 0 Å². The highest BCUT2D eigenvalue weighted by atomic mass is 16.4. The number of aliphatic carboxylic acids is 1. The van der Waals surface area contributed by atoms with Gasteiger partial charge in [0.05, 0.1) is 6.42 Å². The molecule has 3 N–H and O–H groups in total. The molecule has 0 bridgehead atoms. The van der Waals surface area contributed by atoms with Gasteiger partial charge in [0.2, 0.25) is 5.91 Å². The molecular formula is C14H26N2O3. The van der Waals surface area contributed by atoms with Crippen LogP contribution in [-0.2, 0) is 9.59 Å². The van der Waals surface area contributed by atoms with E-state index in [1.54, 1.807) is 4.90 Å². The second kappa shape index (κ2) is 7.48. The van der Waals surface area contributed by atoms with Gasteiger partial charge in [0.25, 0.3) is 0 Å². The maximum Gasteiger partial charge on any atom is 0.305 e. The Hall–Kier alpha value is -1.10. The van der Waals surface area contributed by atoms with Crippen molar-refractivity contribution in [2.45, 2.75) is 52.0 Å². The van der Waals surface area contributed by atoms with E-state index in [0.29, 0.717) is 19.0 Å². The first kappa shape index (κ1) is 16.0. The quantitative estimate of drug-likeness (QED) is 0.765. The van der Waals surface area contributed by atoms with E-state index in [1.807, 2.05) is 13.8 Å². The van der Waals surface area contributed by atoms with Gasteiger partial charge in [0.1, 0.15) is 0 Å². The Labute approximate surface area is 115 Å². The fraction of sp³-hybridized carbons (Fsp3) is 0.857. The molecule has 1 fully saturated rings. The molecule has 5 heteroatoms. The smallest absolute Gasteiger partial charge is 0.305 e. The predicted octanol–water partition coefficient (Wildman–Crippen LogP) is 1.46. The van der Waals surface area contributed by atoms with Gasteiger partial charge in [-0.15, -0.1) is 0 Å². The molecule has 0 atom stereocenters. The Morgan fingerprint density at radius 1 is 1.26 bits per heavy atom. The van der Waals surface area contributed by atoms with Crippen LogP contribution in [0, 0.1) is 11.8 Å². The standard InChI is InChI=1S/C14H26N2O3/c1-10(2)16(8-7-13(17)18)14(19)12-5-3-11(9-15)4-6-12/h10-12H,3-9,15H2,1-2H3,(H,17,18). The normalized spacial score (nSPS) is 23.4. The zero-order chi connectivity index (χ0) is 14.4.